The summed E-state index contributed by atoms with van der Waals surface area (Å²) in [4.78, 5) is 61.1. The van der Waals surface area contributed by atoms with Crippen molar-refractivity contribution in [3.8, 4) is 0 Å². The molecule has 50 heavy (non-hydrogen) atoms. The zero-order chi connectivity index (χ0) is 36.2. The maximum absolute atomic E-state index is 14.8. The molecule has 0 aliphatic carbocycles. The van der Waals surface area contributed by atoms with Gasteiger partial charge in [-0.2, -0.15) is 0 Å². The average Bonchev–Trinajstić information content (AvgIpc) is 3.71. The maximum atomic E-state index is 14.8. The van der Waals surface area contributed by atoms with E-state index in [4.69, 9.17) is 21.1 Å². The van der Waals surface area contributed by atoms with Gasteiger partial charge in [0.25, 0.3) is 5.91 Å². The van der Waals surface area contributed by atoms with Crippen molar-refractivity contribution in [2.24, 2.45) is 11.8 Å². The number of hydrogen-bond acceptors (Lipinski definition) is 7. The Balaban J connectivity index is 1.52. The Morgan fingerprint density at radius 1 is 1.14 bits per heavy atom. The van der Waals surface area contributed by atoms with Crippen LogP contribution in [0.25, 0.3) is 0 Å². The van der Waals surface area contributed by atoms with Crippen LogP contribution in [0.4, 0.5) is 5.69 Å². The first-order valence-corrected chi connectivity index (χ1v) is 18.3. The number of halogens is 2. The largest absolute Gasteiger partial charge is 0.455 e. The molecule has 3 fully saturated rings. The van der Waals surface area contributed by atoms with Gasteiger partial charge in [-0.3, -0.25) is 19.2 Å². The van der Waals surface area contributed by atoms with Crippen LogP contribution < -0.4 is 4.90 Å². The lowest BCUT2D eigenvalue weighted by molar-refractivity contribution is -0.164. The number of unbranched alkanes of at least 4 members (excludes halogenated alkanes) is 1. The van der Waals surface area contributed by atoms with E-state index in [0.29, 0.717) is 42.0 Å². The number of allylic oxidation sites excluding steroid dienone is 1. The smallest absolute Gasteiger partial charge is 0.313 e. The van der Waals surface area contributed by atoms with Gasteiger partial charge in [0, 0.05) is 38.0 Å². The number of hydrogen-bond donors (Lipinski definition) is 1. The minimum Gasteiger partial charge on any atom is -0.455 e. The number of likely N-dealkylation sites (tertiary alicyclic amines) is 1. The van der Waals surface area contributed by atoms with E-state index in [-0.39, 0.29) is 42.8 Å². The molecule has 5 rings (SSSR count). The number of amides is 3. The molecule has 1 unspecified atom stereocenters. The Morgan fingerprint density at radius 2 is 1.84 bits per heavy atom. The zero-order valence-electron chi connectivity index (χ0n) is 28.5. The van der Waals surface area contributed by atoms with Gasteiger partial charge in [0.1, 0.15) is 17.7 Å². The number of aliphatic hydroxyl groups excluding tert-OH is 1. The summed E-state index contributed by atoms with van der Waals surface area (Å²) in [6, 6.07) is 14.5. The van der Waals surface area contributed by atoms with Crippen LogP contribution in [0.15, 0.2) is 79.9 Å². The number of para-hydroxylation sites is 1. The summed E-state index contributed by atoms with van der Waals surface area (Å²) in [6.07, 6.45) is 3.65. The summed E-state index contributed by atoms with van der Waals surface area (Å²) in [5.74, 6) is -3.54. The Labute approximate surface area is 307 Å². The lowest BCUT2D eigenvalue weighted by atomic mass is 9.70. The van der Waals surface area contributed by atoms with E-state index in [1.54, 1.807) is 48.4 Å². The molecule has 1 spiro atoms. The van der Waals surface area contributed by atoms with E-state index < -0.39 is 53.6 Å². The molecular weight excluding hydrogens is 726 g/mol. The van der Waals surface area contributed by atoms with Crippen molar-refractivity contribution in [2.45, 2.75) is 73.7 Å². The normalized spacial score (nSPS) is 26.2. The monoisotopic (exact) mass is 769 g/mol. The van der Waals surface area contributed by atoms with Crippen molar-refractivity contribution < 1.29 is 33.8 Å². The van der Waals surface area contributed by atoms with Crippen molar-refractivity contribution in [2.75, 3.05) is 31.6 Å². The summed E-state index contributed by atoms with van der Waals surface area (Å²) in [5.41, 5.74) is -0.170. The Morgan fingerprint density at radius 3 is 2.50 bits per heavy atom. The molecular formula is C38H45BrClN3O7. The molecule has 3 saturated heterocycles. The number of likely N-dealkylation sites (N-methyl/N-ethyl adjacent to an activating group) is 1. The van der Waals surface area contributed by atoms with Crippen molar-refractivity contribution in [3.05, 3.63) is 90.5 Å². The van der Waals surface area contributed by atoms with Crippen molar-refractivity contribution >= 4 is 56.9 Å². The lowest BCUT2D eigenvalue weighted by Gasteiger charge is -2.37. The first kappa shape index (κ1) is 37.7. The standard InChI is InChI=1S/C38H45BrClN3O7/c1-5-7-19-29(45)41(4)24(3)32(25-15-9-8-10-16-25)49-37(48)30-31-35(46)43(21-13-14-22-44)34(38(31)23-26(39)33(30)50-38)36(47)42(20-6-2)28-18-12-11-17-27(28)40/h5-6,8-12,15-18,24,26,30-34,44H,1-2,7,13-14,19-23H2,3-4H3/t24-,26?,30-,31+,32+,33-,34-,38+/m1/s1. The van der Waals surface area contributed by atoms with Gasteiger partial charge < -0.3 is 29.3 Å². The van der Waals surface area contributed by atoms with E-state index in [2.05, 4.69) is 29.1 Å². The van der Waals surface area contributed by atoms with Gasteiger partial charge in [-0.05, 0) is 50.3 Å². The van der Waals surface area contributed by atoms with Gasteiger partial charge in [0.2, 0.25) is 11.8 Å². The zero-order valence-corrected chi connectivity index (χ0v) is 30.8. The Kier molecular flexibility index (Phi) is 12.2. The number of rotatable bonds is 16. The second kappa shape index (κ2) is 16.2. The number of ether oxygens (including phenoxy) is 2. The fourth-order valence-electron chi connectivity index (χ4n) is 7.69. The third-order valence-corrected chi connectivity index (χ3v) is 11.4. The summed E-state index contributed by atoms with van der Waals surface area (Å²) >= 11 is 10.3. The maximum Gasteiger partial charge on any atom is 0.313 e. The summed E-state index contributed by atoms with van der Waals surface area (Å²) in [6.45, 7) is 9.62. The highest BCUT2D eigenvalue weighted by molar-refractivity contribution is 9.09. The van der Waals surface area contributed by atoms with Gasteiger partial charge in [0.05, 0.1) is 34.7 Å². The molecule has 268 valence electrons. The highest BCUT2D eigenvalue weighted by Gasteiger charge is 2.77. The SMILES string of the molecule is C=CCCC(=O)N(C)[C@H](C)[C@H](OC(=O)[C@H]1[C@@H]2O[C@@]3(CC2Br)[C@@H]1C(=O)N(CCCCO)[C@@H]3C(=O)N(CC=C)c1ccccc1Cl)c1ccccc1. The van der Waals surface area contributed by atoms with Gasteiger partial charge >= 0.3 is 5.97 Å². The molecule has 2 aromatic carbocycles. The van der Waals surface area contributed by atoms with Gasteiger partial charge in [-0.1, -0.05) is 82.1 Å². The topological polar surface area (TPSA) is 117 Å². The van der Waals surface area contributed by atoms with Crippen LogP contribution in [0.3, 0.4) is 0 Å². The van der Waals surface area contributed by atoms with Crippen molar-refractivity contribution in [1.82, 2.24) is 9.80 Å². The highest BCUT2D eigenvalue weighted by atomic mass is 79.9. The first-order valence-electron chi connectivity index (χ1n) is 17.0. The van der Waals surface area contributed by atoms with Crippen LogP contribution in [0.1, 0.15) is 50.7 Å². The number of nitrogens with zero attached hydrogens (tertiary/aromatic N) is 3. The van der Waals surface area contributed by atoms with Crippen LogP contribution >= 0.6 is 27.5 Å². The van der Waals surface area contributed by atoms with Gasteiger partial charge in [0.15, 0.2) is 0 Å². The first-order chi connectivity index (χ1) is 24.0. The summed E-state index contributed by atoms with van der Waals surface area (Å²) in [5, 5.41) is 9.91. The van der Waals surface area contributed by atoms with E-state index in [9.17, 15) is 24.3 Å². The summed E-state index contributed by atoms with van der Waals surface area (Å²) < 4.78 is 13.0. The average molecular weight is 771 g/mol. The van der Waals surface area contributed by atoms with E-state index in [0.717, 1.165) is 0 Å². The number of benzene rings is 2. The molecule has 10 nitrogen and oxygen atoms in total. The molecule has 0 radical (unpaired) electrons. The molecule has 0 saturated carbocycles. The third kappa shape index (κ3) is 7.02. The predicted molar refractivity (Wildman–Crippen MR) is 195 cm³/mol. The molecule has 3 aliphatic rings. The van der Waals surface area contributed by atoms with Crippen molar-refractivity contribution in [1.29, 1.82) is 0 Å². The number of fused-ring (bicyclic) bond motifs is 1. The quantitative estimate of drug-likeness (QED) is 0.104. The molecule has 0 aromatic heterocycles. The predicted octanol–water partition coefficient (Wildman–Crippen LogP) is 5.48. The Bertz CT molecular complexity index is 1590. The fourth-order valence-corrected chi connectivity index (χ4v) is 8.87. The van der Waals surface area contributed by atoms with Gasteiger partial charge in [-0.25, -0.2) is 0 Å². The molecule has 3 aliphatic heterocycles. The third-order valence-electron chi connectivity index (χ3n) is 10.2. The number of carbonyl (C=O) groups is 4. The molecule has 12 heteroatoms. The second-order valence-electron chi connectivity index (χ2n) is 13.2. The molecule has 8 atom stereocenters. The minimum atomic E-state index is -1.33. The second-order valence-corrected chi connectivity index (χ2v) is 14.7. The van der Waals surface area contributed by atoms with Crippen LogP contribution in [-0.2, 0) is 28.7 Å². The minimum absolute atomic E-state index is 0.0714. The molecule has 3 amide bonds. The van der Waals surface area contributed by atoms with Crippen LogP contribution in [0.2, 0.25) is 5.02 Å². The number of esters is 1. The lowest BCUT2D eigenvalue weighted by Crippen LogP contribution is -2.57. The van der Waals surface area contributed by atoms with Crippen LogP contribution in [0, 0.1) is 11.8 Å². The molecule has 2 aromatic rings. The molecule has 2 bridgehead atoms. The van der Waals surface area contributed by atoms with E-state index in [1.165, 1.54) is 9.80 Å². The number of alkyl halides is 1. The van der Waals surface area contributed by atoms with E-state index >= 15 is 0 Å². The van der Waals surface area contributed by atoms with Gasteiger partial charge in [-0.15, -0.1) is 13.2 Å². The molecule has 1 N–H and O–H groups in total. The number of aliphatic hydroxyl groups is 1. The van der Waals surface area contributed by atoms with E-state index in [1.807, 2.05) is 37.3 Å². The van der Waals surface area contributed by atoms with Crippen LogP contribution in [-0.4, -0.2) is 94.0 Å². The van der Waals surface area contributed by atoms with Crippen molar-refractivity contribution in [3.63, 3.8) is 0 Å². The number of anilines is 1. The molecule has 3 heterocycles. The highest BCUT2D eigenvalue weighted by Crippen LogP contribution is 2.60. The Hall–Kier alpha value is -3.51. The van der Waals surface area contributed by atoms with Crippen LogP contribution in [0.5, 0.6) is 0 Å². The summed E-state index contributed by atoms with van der Waals surface area (Å²) in [7, 11) is 1.68. The number of carbonyl (C=O) groups excluding carboxylic acids is 4. The fraction of sp³-hybridized carbons (Fsp3) is 0.474.